The topological polar surface area (TPSA) is 151 Å². The van der Waals surface area contributed by atoms with E-state index in [-0.39, 0.29) is 35.0 Å². The van der Waals surface area contributed by atoms with Gasteiger partial charge in [0.25, 0.3) is 0 Å². The maximum absolute atomic E-state index is 12.0. The SMILES string of the molecule is COC(=O)c1cc(N2CCN(C(=O)C3CC3)CC2)ncn1.COC(=O)c1cc(N2CCN(C(=O)C3CC3)CC2)ncn1. The van der Waals surface area contributed by atoms with E-state index in [1.54, 1.807) is 12.1 Å². The summed E-state index contributed by atoms with van der Waals surface area (Å²) in [5, 5.41) is 0. The molecule has 2 saturated heterocycles. The summed E-state index contributed by atoms with van der Waals surface area (Å²) >= 11 is 0. The molecule has 2 amide bonds. The number of aromatic nitrogens is 4. The number of hydrogen-bond donors (Lipinski definition) is 0. The predicted octanol–water partition coefficient (Wildman–Crippen LogP) is 0.644. The molecule has 14 nitrogen and oxygen atoms in total. The molecule has 2 aromatic heterocycles. The summed E-state index contributed by atoms with van der Waals surface area (Å²) in [6.07, 6.45) is 6.87. The van der Waals surface area contributed by atoms with Crippen molar-refractivity contribution in [2.45, 2.75) is 25.7 Å². The number of hydrogen-bond acceptors (Lipinski definition) is 12. The zero-order chi connectivity index (χ0) is 29.6. The molecule has 2 aliphatic carbocycles. The lowest BCUT2D eigenvalue weighted by molar-refractivity contribution is -0.133. The number of piperazine rings is 2. The van der Waals surface area contributed by atoms with Crippen molar-refractivity contribution in [1.82, 2.24) is 29.7 Å². The Hall–Kier alpha value is -4.36. The molecule has 4 fully saturated rings. The van der Waals surface area contributed by atoms with Gasteiger partial charge in [0.15, 0.2) is 11.4 Å². The standard InChI is InChI=1S/2C14H18N4O3/c2*1-21-14(20)11-8-12(16-9-15-11)17-4-6-18(7-5-17)13(19)10-2-3-10/h2*8-10H,2-7H2,1H3. The van der Waals surface area contributed by atoms with Crippen molar-refractivity contribution in [3.63, 3.8) is 0 Å². The Kier molecular flexibility index (Phi) is 9.08. The second-order valence-electron chi connectivity index (χ2n) is 10.7. The highest BCUT2D eigenvalue weighted by Crippen LogP contribution is 2.32. The summed E-state index contributed by atoms with van der Waals surface area (Å²) in [6.45, 7) is 5.68. The second kappa shape index (κ2) is 13.1. The fraction of sp³-hybridized carbons (Fsp3) is 0.571. The summed E-state index contributed by atoms with van der Waals surface area (Å²) in [4.78, 5) is 71.2. The first kappa shape index (κ1) is 29.1. The highest BCUT2D eigenvalue weighted by atomic mass is 16.5. The Labute approximate surface area is 244 Å². The van der Waals surface area contributed by atoms with Gasteiger partial charge in [-0.15, -0.1) is 0 Å². The molecule has 0 radical (unpaired) electrons. The van der Waals surface area contributed by atoms with Crippen molar-refractivity contribution in [2.24, 2.45) is 11.8 Å². The van der Waals surface area contributed by atoms with E-state index < -0.39 is 11.9 Å². The van der Waals surface area contributed by atoms with Gasteiger partial charge in [-0.25, -0.2) is 29.5 Å². The molecule has 2 aliphatic heterocycles. The molecule has 2 saturated carbocycles. The average Bonchev–Trinajstić information content (AvgIpc) is 3.98. The molecular weight excluding hydrogens is 544 g/mol. The molecule has 0 unspecified atom stereocenters. The van der Waals surface area contributed by atoms with Crippen LogP contribution in [-0.2, 0) is 19.1 Å². The van der Waals surface area contributed by atoms with Crippen molar-refractivity contribution in [3.05, 3.63) is 36.2 Å². The molecule has 42 heavy (non-hydrogen) atoms. The highest BCUT2D eigenvalue weighted by Gasteiger charge is 2.35. The minimum Gasteiger partial charge on any atom is -0.464 e. The average molecular weight is 581 g/mol. The van der Waals surface area contributed by atoms with Crippen LogP contribution in [-0.4, -0.2) is 120 Å². The van der Waals surface area contributed by atoms with Gasteiger partial charge in [0.1, 0.15) is 24.3 Å². The highest BCUT2D eigenvalue weighted by molar-refractivity contribution is 5.88. The monoisotopic (exact) mass is 580 g/mol. The summed E-state index contributed by atoms with van der Waals surface area (Å²) < 4.78 is 9.32. The van der Waals surface area contributed by atoms with Crippen LogP contribution in [0.4, 0.5) is 11.6 Å². The zero-order valence-corrected chi connectivity index (χ0v) is 24.0. The van der Waals surface area contributed by atoms with E-state index in [9.17, 15) is 19.2 Å². The van der Waals surface area contributed by atoms with E-state index in [2.05, 4.69) is 39.2 Å². The van der Waals surface area contributed by atoms with E-state index in [1.165, 1.54) is 26.9 Å². The third kappa shape index (κ3) is 7.09. The summed E-state index contributed by atoms with van der Waals surface area (Å²) in [5.41, 5.74) is 0.498. The third-order valence-corrected chi connectivity index (χ3v) is 7.78. The number of rotatable bonds is 6. The van der Waals surface area contributed by atoms with Crippen molar-refractivity contribution in [1.29, 1.82) is 0 Å². The molecule has 0 N–H and O–H groups in total. The molecule has 224 valence electrons. The molecule has 4 heterocycles. The fourth-order valence-electron chi connectivity index (χ4n) is 4.96. The number of ether oxygens (including phenoxy) is 2. The third-order valence-electron chi connectivity index (χ3n) is 7.78. The van der Waals surface area contributed by atoms with Crippen LogP contribution in [0.5, 0.6) is 0 Å². The van der Waals surface area contributed by atoms with E-state index in [1.807, 2.05) is 9.80 Å². The Morgan fingerprint density at radius 2 is 0.952 bits per heavy atom. The lowest BCUT2D eigenvalue weighted by Gasteiger charge is -2.35. The molecular formula is C28H36N8O6. The molecule has 0 spiro atoms. The minimum atomic E-state index is -0.471. The fourth-order valence-corrected chi connectivity index (χ4v) is 4.96. The van der Waals surface area contributed by atoms with Crippen LogP contribution in [0.3, 0.4) is 0 Å². The summed E-state index contributed by atoms with van der Waals surface area (Å²) in [6, 6.07) is 3.26. The maximum Gasteiger partial charge on any atom is 0.356 e. The summed E-state index contributed by atoms with van der Waals surface area (Å²) in [7, 11) is 2.65. The van der Waals surface area contributed by atoms with Crippen LogP contribution in [0.1, 0.15) is 46.7 Å². The molecule has 6 rings (SSSR count). The van der Waals surface area contributed by atoms with Crippen LogP contribution in [0, 0.1) is 11.8 Å². The molecule has 0 bridgehead atoms. The molecule has 14 heteroatoms. The molecule has 0 aromatic carbocycles. The van der Waals surface area contributed by atoms with Crippen LogP contribution >= 0.6 is 0 Å². The van der Waals surface area contributed by atoms with Crippen LogP contribution in [0.25, 0.3) is 0 Å². The van der Waals surface area contributed by atoms with E-state index >= 15 is 0 Å². The van der Waals surface area contributed by atoms with E-state index in [0.29, 0.717) is 37.8 Å². The predicted molar refractivity (Wildman–Crippen MR) is 150 cm³/mol. The van der Waals surface area contributed by atoms with Crippen molar-refractivity contribution < 1.29 is 28.7 Å². The van der Waals surface area contributed by atoms with Crippen molar-refractivity contribution in [3.8, 4) is 0 Å². The number of carbonyl (C=O) groups is 4. The lowest BCUT2D eigenvalue weighted by atomic mass is 10.2. The van der Waals surface area contributed by atoms with Gasteiger partial charge in [0, 0.05) is 76.3 Å². The zero-order valence-electron chi connectivity index (χ0n) is 24.0. The van der Waals surface area contributed by atoms with E-state index in [0.717, 1.165) is 51.9 Å². The first-order valence-electron chi connectivity index (χ1n) is 14.3. The van der Waals surface area contributed by atoms with E-state index in [4.69, 9.17) is 0 Å². The molecule has 0 atom stereocenters. The van der Waals surface area contributed by atoms with Gasteiger partial charge in [0.05, 0.1) is 14.2 Å². The number of anilines is 2. The first-order chi connectivity index (χ1) is 20.4. The largest absolute Gasteiger partial charge is 0.464 e. The normalized spacial score (nSPS) is 18.5. The van der Waals surface area contributed by atoms with Gasteiger partial charge in [-0.1, -0.05) is 0 Å². The Balaban J connectivity index is 0.000000168. The second-order valence-corrected chi connectivity index (χ2v) is 10.7. The maximum atomic E-state index is 12.0. The van der Waals surface area contributed by atoms with Crippen LogP contribution in [0.2, 0.25) is 0 Å². The van der Waals surface area contributed by atoms with Crippen molar-refractivity contribution >= 4 is 35.4 Å². The van der Waals surface area contributed by atoms with Gasteiger partial charge in [-0.3, -0.25) is 9.59 Å². The number of nitrogens with zero attached hydrogens (tertiary/aromatic N) is 8. The Morgan fingerprint density at radius 1 is 0.595 bits per heavy atom. The molecule has 2 aromatic rings. The Bertz CT molecular complexity index is 1200. The van der Waals surface area contributed by atoms with Gasteiger partial charge < -0.3 is 29.1 Å². The summed E-state index contributed by atoms with van der Waals surface area (Å²) in [5.74, 6) is 1.55. The smallest absolute Gasteiger partial charge is 0.356 e. The van der Waals surface area contributed by atoms with Crippen LogP contribution < -0.4 is 9.80 Å². The first-order valence-corrected chi connectivity index (χ1v) is 14.3. The number of carbonyl (C=O) groups excluding carboxylic acids is 4. The number of methoxy groups -OCH3 is 2. The van der Waals surface area contributed by atoms with Crippen molar-refractivity contribution in [2.75, 3.05) is 76.4 Å². The van der Waals surface area contributed by atoms with Gasteiger partial charge in [-0.05, 0) is 25.7 Å². The number of amides is 2. The van der Waals surface area contributed by atoms with Gasteiger partial charge in [-0.2, -0.15) is 0 Å². The molecule has 4 aliphatic rings. The lowest BCUT2D eigenvalue weighted by Crippen LogP contribution is -2.49. The van der Waals surface area contributed by atoms with Gasteiger partial charge >= 0.3 is 11.9 Å². The van der Waals surface area contributed by atoms with Crippen LogP contribution in [0.15, 0.2) is 24.8 Å². The van der Waals surface area contributed by atoms with Gasteiger partial charge in [0.2, 0.25) is 11.8 Å². The number of esters is 2. The minimum absolute atomic E-state index is 0.249. The quantitative estimate of drug-likeness (QED) is 0.441. The Morgan fingerprint density at radius 3 is 1.26 bits per heavy atom.